The molecule has 0 aromatic heterocycles. The van der Waals surface area contributed by atoms with Crippen LogP contribution in [0.25, 0.3) is 0 Å². The highest BCUT2D eigenvalue weighted by Crippen LogP contribution is 2.20. The van der Waals surface area contributed by atoms with Gasteiger partial charge >= 0.3 is 0 Å². The van der Waals surface area contributed by atoms with Crippen molar-refractivity contribution in [2.75, 3.05) is 19.0 Å². The molecule has 24 heavy (non-hydrogen) atoms. The van der Waals surface area contributed by atoms with Crippen molar-refractivity contribution in [1.82, 2.24) is 5.32 Å². The Morgan fingerprint density at radius 1 is 1.17 bits per heavy atom. The van der Waals surface area contributed by atoms with Crippen molar-refractivity contribution >= 4 is 34.6 Å². The SMILES string of the molecule is COc1ccc(OC[C@H](C)NC(=S)Nc2ccc(C)c(Cl)c2)cc1. The third-order valence-corrected chi connectivity index (χ3v) is 3.99. The van der Waals surface area contributed by atoms with E-state index in [9.17, 15) is 0 Å². The first-order valence-electron chi connectivity index (χ1n) is 7.58. The molecule has 4 nitrogen and oxygen atoms in total. The molecule has 0 fully saturated rings. The summed E-state index contributed by atoms with van der Waals surface area (Å²) in [5, 5.41) is 7.54. The average molecular weight is 365 g/mol. The summed E-state index contributed by atoms with van der Waals surface area (Å²) in [6, 6.07) is 13.3. The number of aryl methyl sites for hydroxylation is 1. The zero-order valence-corrected chi connectivity index (χ0v) is 15.5. The predicted octanol–water partition coefficient (Wildman–Crippen LogP) is 4.41. The molecule has 2 rings (SSSR count). The molecule has 0 saturated heterocycles. The Morgan fingerprint density at radius 3 is 2.46 bits per heavy atom. The van der Waals surface area contributed by atoms with Gasteiger partial charge in [-0.1, -0.05) is 17.7 Å². The van der Waals surface area contributed by atoms with Gasteiger partial charge in [0.25, 0.3) is 0 Å². The monoisotopic (exact) mass is 364 g/mol. The van der Waals surface area contributed by atoms with Crippen molar-refractivity contribution in [1.29, 1.82) is 0 Å². The van der Waals surface area contributed by atoms with E-state index in [1.54, 1.807) is 7.11 Å². The third kappa shape index (κ3) is 5.58. The molecule has 0 aliphatic heterocycles. The minimum atomic E-state index is 0.0491. The molecule has 2 aromatic rings. The van der Waals surface area contributed by atoms with Gasteiger partial charge in [-0.15, -0.1) is 0 Å². The van der Waals surface area contributed by atoms with Crippen LogP contribution >= 0.6 is 23.8 Å². The summed E-state index contributed by atoms with van der Waals surface area (Å²) in [6.07, 6.45) is 0. The molecule has 0 bridgehead atoms. The second kappa shape index (κ2) is 8.76. The fourth-order valence-electron chi connectivity index (χ4n) is 2.00. The van der Waals surface area contributed by atoms with Crippen molar-refractivity contribution in [2.45, 2.75) is 19.9 Å². The molecule has 0 aliphatic carbocycles. The number of anilines is 1. The van der Waals surface area contributed by atoms with Crippen LogP contribution in [-0.2, 0) is 0 Å². The number of ether oxygens (including phenoxy) is 2. The molecule has 0 radical (unpaired) electrons. The van der Waals surface area contributed by atoms with Gasteiger partial charge in [0.1, 0.15) is 18.1 Å². The molecule has 2 aromatic carbocycles. The van der Waals surface area contributed by atoms with E-state index in [2.05, 4.69) is 10.6 Å². The van der Waals surface area contributed by atoms with E-state index in [-0.39, 0.29) is 6.04 Å². The van der Waals surface area contributed by atoms with Gasteiger partial charge in [0.2, 0.25) is 0 Å². The van der Waals surface area contributed by atoms with Crippen molar-refractivity contribution < 1.29 is 9.47 Å². The highest BCUT2D eigenvalue weighted by molar-refractivity contribution is 7.80. The van der Waals surface area contributed by atoms with Gasteiger partial charge < -0.3 is 20.1 Å². The number of rotatable bonds is 6. The zero-order chi connectivity index (χ0) is 17.5. The van der Waals surface area contributed by atoms with Gasteiger partial charge in [-0.05, 0) is 68.0 Å². The van der Waals surface area contributed by atoms with Gasteiger partial charge in [0.15, 0.2) is 5.11 Å². The number of methoxy groups -OCH3 is 1. The number of nitrogens with one attached hydrogen (secondary N) is 2. The Morgan fingerprint density at radius 2 is 1.83 bits per heavy atom. The lowest BCUT2D eigenvalue weighted by Gasteiger charge is -2.18. The first kappa shape index (κ1) is 18.4. The van der Waals surface area contributed by atoms with Crippen LogP contribution in [0.4, 0.5) is 5.69 Å². The van der Waals surface area contributed by atoms with Crippen molar-refractivity contribution in [3.63, 3.8) is 0 Å². The summed E-state index contributed by atoms with van der Waals surface area (Å²) in [4.78, 5) is 0. The van der Waals surface area contributed by atoms with E-state index < -0.39 is 0 Å². The van der Waals surface area contributed by atoms with Crippen molar-refractivity contribution in [2.24, 2.45) is 0 Å². The summed E-state index contributed by atoms with van der Waals surface area (Å²) < 4.78 is 10.8. The Bertz CT molecular complexity index is 692. The number of benzene rings is 2. The first-order valence-corrected chi connectivity index (χ1v) is 8.37. The summed E-state index contributed by atoms with van der Waals surface area (Å²) in [6.45, 7) is 4.45. The molecule has 6 heteroatoms. The van der Waals surface area contributed by atoms with E-state index in [0.29, 0.717) is 16.7 Å². The van der Waals surface area contributed by atoms with Crippen molar-refractivity contribution in [3.05, 3.63) is 53.1 Å². The summed E-state index contributed by atoms with van der Waals surface area (Å²) >= 11 is 11.4. The van der Waals surface area contributed by atoms with E-state index >= 15 is 0 Å². The van der Waals surface area contributed by atoms with Gasteiger partial charge in [0, 0.05) is 10.7 Å². The van der Waals surface area contributed by atoms with E-state index in [1.165, 1.54) is 0 Å². The van der Waals surface area contributed by atoms with Crippen LogP contribution in [0, 0.1) is 6.92 Å². The Hall–Kier alpha value is -1.98. The van der Waals surface area contributed by atoms with Crippen LogP contribution in [0.3, 0.4) is 0 Å². The van der Waals surface area contributed by atoms with Crippen LogP contribution in [0.1, 0.15) is 12.5 Å². The predicted molar refractivity (Wildman–Crippen MR) is 103 cm³/mol. The Kier molecular flexibility index (Phi) is 6.70. The minimum absolute atomic E-state index is 0.0491. The molecule has 0 amide bonds. The topological polar surface area (TPSA) is 42.5 Å². The molecular formula is C18H21ClN2O2S. The van der Waals surface area contributed by atoms with Crippen LogP contribution in [0.2, 0.25) is 5.02 Å². The molecule has 128 valence electrons. The van der Waals surface area contributed by atoms with Gasteiger partial charge in [-0.2, -0.15) is 0 Å². The fraction of sp³-hybridized carbons (Fsp3) is 0.278. The van der Waals surface area contributed by atoms with Crippen LogP contribution < -0.4 is 20.1 Å². The molecule has 2 N–H and O–H groups in total. The molecule has 1 atom stereocenters. The smallest absolute Gasteiger partial charge is 0.171 e. The van der Waals surface area contributed by atoms with E-state index in [0.717, 1.165) is 22.7 Å². The molecule has 0 unspecified atom stereocenters. The van der Waals surface area contributed by atoms with Crippen molar-refractivity contribution in [3.8, 4) is 11.5 Å². The average Bonchev–Trinajstić information content (AvgIpc) is 2.56. The van der Waals surface area contributed by atoms with Crippen LogP contribution in [-0.4, -0.2) is 24.9 Å². The number of hydrogen-bond donors (Lipinski definition) is 2. The second-order valence-corrected chi connectivity index (χ2v) is 6.27. The summed E-state index contributed by atoms with van der Waals surface area (Å²) in [5.41, 5.74) is 1.88. The fourth-order valence-corrected chi connectivity index (χ4v) is 2.50. The Balaban J connectivity index is 1.79. The number of halogens is 1. The first-order chi connectivity index (χ1) is 11.5. The third-order valence-electron chi connectivity index (χ3n) is 3.37. The maximum absolute atomic E-state index is 6.11. The molecular weight excluding hydrogens is 344 g/mol. The summed E-state index contributed by atoms with van der Waals surface area (Å²) in [5.74, 6) is 1.59. The van der Waals surface area contributed by atoms with Gasteiger partial charge in [0.05, 0.1) is 13.2 Å². The zero-order valence-electron chi connectivity index (χ0n) is 13.9. The van der Waals surface area contributed by atoms with Crippen LogP contribution in [0.5, 0.6) is 11.5 Å². The number of thiocarbonyl (C=S) groups is 1. The maximum atomic E-state index is 6.11. The molecule has 0 heterocycles. The van der Waals surface area contributed by atoms with Crippen LogP contribution in [0.15, 0.2) is 42.5 Å². The second-order valence-electron chi connectivity index (χ2n) is 5.45. The largest absolute Gasteiger partial charge is 0.497 e. The Labute approximate surface area is 153 Å². The quantitative estimate of drug-likeness (QED) is 0.743. The normalized spacial score (nSPS) is 11.5. The highest BCUT2D eigenvalue weighted by atomic mass is 35.5. The minimum Gasteiger partial charge on any atom is -0.497 e. The maximum Gasteiger partial charge on any atom is 0.171 e. The lowest BCUT2D eigenvalue weighted by Crippen LogP contribution is -2.39. The van der Waals surface area contributed by atoms with Gasteiger partial charge in [-0.3, -0.25) is 0 Å². The van der Waals surface area contributed by atoms with E-state index in [1.807, 2.05) is 56.3 Å². The molecule has 0 aliphatic rings. The van der Waals surface area contributed by atoms with Gasteiger partial charge in [-0.25, -0.2) is 0 Å². The lowest BCUT2D eigenvalue weighted by atomic mass is 10.2. The lowest BCUT2D eigenvalue weighted by molar-refractivity contribution is 0.286. The summed E-state index contributed by atoms with van der Waals surface area (Å²) in [7, 11) is 1.64. The standard InChI is InChI=1S/C18H21ClN2O2S/c1-12-4-5-14(10-17(12)19)21-18(24)20-13(2)11-23-16-8-6-15(22-3)7-9-16/h4-10,13H,11H2,1-3H3,(H2,20,21,24)/t13-/m0/s1. The van der Waals surface area contributed by atoms with E-state index in [4.69, 9.17) is 33.3 Å². The molecule has 0 saturated carbocycles. The molecule has 0 spiro atoms. The number of hydrogen-bond acceptors (Lipinski definition) is 3. The highest BCUT2D eigenvalue weighted by Gasteiger charge is 2.06.